The Morgan fingerprint density at radius 1 is 1.17 bits per heavy atom. The number of aryl methyl sites for hydroxylation is 1. The molecule has 2 fully saturated rings. The number of allylic oxidation sites excluding steroid dienone is 2. The maximum absolute atomic E-state index is 13.1. The Kier molecular flexibility index (Phi) is 3.79. The highest BCUT2D eigenvalue weighted by molar-refractivity contribution is 7.93. The maximum Gasteiger partial charge on any atom is 0.416 e. The number of hydrogen-bond acceptors (Lipinski definition) is 2. The predicted octanol–water partition coefficient (Wildman–Crippen LogP) is 3.99. The summed E-state index contributed by atoms with van der Waals surface area (Å²) in [6, 6.07) is 3.77. The molecule has 1 aromatic carbocycles. The van der Waals surface area contributed by atoms with E-state index in [1.165, 1.54) is 23.4 Å². The third kappa shape index (κ3) is 2.28. The van der Waals surface area contributed by atoms with Crippen molar-refractivity contribution in [3.63, 3.8) is 0 Å². The van der Waals surface area contributed by atoms with Crippen molar-refractivity contribution < 1.29 is 21.6 Å². The Balaban J connectivity index is 0.00000169. The van der Waals surface area contributed by atoms with Gasteiger partial charge in [0.1, 0.15) is 0 Å². The fourth-order valence-electron chi connectivity index (χ4n) is 4.33. The zero-order valence-corrected chi connectivity index (χ0v) is 13.2. The quantitative estimate of drug-likeness (QED) is 0.711. The Morgan fingerprint density at radius 2 is 1.83 bits per heavy atom. The van der Waals surface area contributed by atoms with Crippen LogP contribution in [0.3, 0.4) is 0 Å². The van der Waals surface area contributed by atoms with Crippen molar-refractivity contribution in [2.75, 3.05) is 10.8 Å². The van der Waals surface area contributed by atoms with E-state index in [9.17, 15) is 21.6 Å². The average Bonchev–Trinajstić information content (AvgIpc) is 3.10. The maximum atomic E-state index is 13.1. The van der Waals surface area contributed by atoms with Gasteiger partial charge in [0.2, 0.25) is 10.0 Å². The van der Waals surface area contributed by atoms with Gasteiger partial charge in [0.25, 0.3) is 0 Å². The highest BCUT2D eigenvalue weighted by atomic mass is 32.2. The predicted molar refractivity (Wildman–Crippen MR) is 87.2 cm³/mol. The van der Waals surface area contributed by atoms with E-state index in [1.807, 2.05) is 6.08 Å². The molecule has 0 amide bonds. The molecular formula is C17H20F3NO2S. The summed E-state index contributed by atoms with van der Waals surface area (Å²) in [5, 5.41) is -0.479. The summed E-state index contributed by atoms with van der Waals surface area (Å²) < 4.78 is 66.1. The normalized spacial score (nSPS) is 32.8. The second-order valence-electron chi connectivity index (χ2n) is 6.65. The first-order chi connectivity index (χ1) is 10.7. The Morgan fingerprint density at radius 3 is 2.46 bits per heavy atom. The summed E-state index contributed by atoms with van der Waals surface area (Å²) in [4.78, 5) is 0. The summed E-state index contributed by atoms with van der Waals surface area (Å²) in [5.41, 5.74) is -0.556. The van der Waals surface area contributed by atoms with Gasteiger partial charge >= 0.3 is 6.18 Å². The third-order valence-electron chi connectivity index (χ3n) is 5.39. The molecule has 1 aromatic rings. The van der Waals surface area contributed by atoms with E-state index in [-0.39, 0.29) is 43.0 Å². The largest absolute Gasteiger partial charge is 0.416 e. The molecule has 24 heavy (non-hydrogen) atoms. The third-order valence-corrected chi connectivity index (χ3v) is 7.75. The molecule has 0 aromatic heterocycles. The van der Waals surface area contributed by atoms with Gasteiger partial charge in [-0.15, -0.1) is 0 Å². The van der Waals surface area contributed by atoms with E-state index >= 15 is 0 Å². The second-order valence-corrected chi connectivity index (χ2v) is 8.66. The van der Waals surface area contributed by atoms with Crippen LogP contribution in [0.1, 0.15) is 25.0 Å². The van der Waals surface area contributed by atoms with Crippen LogP contribution in [0.15, 0.2) is 30.4 Å². The lowest BCUT2D eigenvalue weighted by molar-refractivity contribution is -0.138. The van der Waals surface area contributed by atoms with Crippen LogP contribution in [0, 0.1) is 24.7 Å². The first-order valence-electron chi connectivity index (χ1n) is 7.57. The van der Waals surface area contributed by atoms with E-state index in [4.69, 9.17) is 0 Å². The van der Waals surface area contributed by atoms with Crippen molar-refractivity contribution in [1.82, 2.24) is 0 Å². The number of alkyl halides is 3. The lowest BCUT2D eigenvalue weighted by atomic mass is 9.93. The van der Waals surface area contributed by atoms with Crippen molar-refractivity contribution in [1.29, 1.82) is 0 Å². The van der Waals surface area contributed by atoms with E-state index in [0.29, 0.717) is 0 Å². The van der Waals surface area contributed by atoms with Crippen LogP contribution < -0.4 is 4.31 Å². The lowest BCUT2D eigenvalue weighted by Crippen LogP contribution is -2.32. The standard InChI is InChI=1S/C16H16F3NO2S.CH4/c1-9-2-5-12(7-14(9)16(17,18)19)20-8-13-10-3-4-11(6-10)15(13)23(20,21)22;/h2-5,7,10-11,13,15H,6,8H2,1H3;1H4/t10-,11+,13-,15+;/m0./s1. The molecule has 0 radical (unpaired) electrons. The van der Waals surface area contributed by atoms with Crippen LogP contribution in [0.25, 0.3) is 0 Å². The highest BCUT2D eigenvalue weighted by Gasteiger charge is 2.58. The Bertz CT molecular complexity index is 801. The number of sulfonamides is 1. The van der Waals surface area contributed by atoms with Gasteiger partial charge in [-0.05, 0) is 42.9 Å². The zero-order chi connectivity index (χ0) is 16.6. The van der Waals surface area contributed by atoms with Crippen molar-refractivity contribution in [3.05, 3.63) is 41.5 Å². The minimum atomic E-state index is -4.49. The number of rotatable bonds is 1. The van der Waals surface area contributed by atoms with Crippen LogP contribution in [-0.4, -0.2) is 20.2 Å². The van der Waals surface area contributed by atoms with E-state index in [0.717, 1.165) is 12.5 Å². The van der Waals surface area contributed by atoms with Gasteiger partial charge in [-0.1, -0.05) is 25.6 Å². The molecule has 2 aliphatic carbocycles. The van der Waals surface area contributed by atoms with Crippen molar-refractivity contribution in [3.8, 4) is 0 Å². The molecule has 1 aliphatic heterocycles. The minimum absolute atomic E-state index is 0. The smallest absolute Gasteiger partial charge is 0.270 e. The number of halogens is 3. The molecule has 0 spiro atoms. The zero-order valence-electron chi connectivity index (χ0n) is 12.4. The first-order valence-corrected chi connectivity index (χ1v) is 9.07. The van der Waals surface area contributed by atoms with E-state index in [2.05, 4.69) is 6.08 Å². The van der Waals surface area contributed by atoms with Gasteiger partial charge in [0.05, 0.1) is 16.5 Å². The van der Waals surface area contributed by atoms with E-state index < -0.39 is 27.0 Å². The van der Waals surface area contributed by atoms with Crippen molar-refractivity contribution >= 4 is 15.7 Å². The molecule has 1 saturated heterocycles. The number of fused-ring (bicyclic) bond motifs is 5. The molecule has 132 valence electrons. The molecule has 1 saturated carbocycles. The summed E-state index contributed by atoms with van der Waals surface area (Å²) in [5.74, 6) is 0.232. The molecular weight excluding hydrogens is 339 g/mol. The number of benzene rings is 1. The van der Waals surface area contributed by atoms with Crippen LogP contribution in [0.2, 0.25) is 0 Å². The molecule has 0 unspecified atom stereocenters. The van der Waals surface area contributed by atoms with Crippen molar-refractivity contribution in [2.24, 2.45) is 17.8 Å². The van der Waals surface area contributed by atoms with Crippen LogP contribution >= 0.6 is 0 Å². The summed E-state index contributed by atoms with van der Waals surface area (Å²) in [7, 11) is -3.61. The fraction of sp³-hybridized carbons (Fsp3) is 0.529. The summed E-state index contributed by atoms with van der Waals surface area (Å²) >= 11 is 0. The molecule has 3 aliphatic rings. The number of hydrogen-bond donors (Lipinski definition) is 0. The summed E-state index contributed by atoms with van der Waals surface area (Å²) in [6.07, 6.45) is 0.369. The summed E-state index contributed by atoms with van der Waals surface area (Å²) in [6.45, 7) is 1.66. The number of nitrogens with zero attached hydrogens (tertiary/aromatic N) is 1. The second kappa shape index (κ2) is 5.25. The molecule has 7 heteroatoms. The fourth-order valence-corrected chi connectivity index (χ4v) is 6.78. The monoisotopic (exact) mass is 359 g/mol. The lowest BCUT2D eigenvalue weighted by Gasteiger charge is -2.22. The van der Waals surface area contributed by atoms with Gasteiger partial charge in [-0.3, -0.25) is 4.31 Å². The van der Waals surface area contributed by atoms with Gasteiger partial charge < -0.3 is 0 Å². The Hall–Kier alpha value is -1.50. The van der Waals surface area contributed by atoms with Gasteiger partial charge in [-0.2, -0.15) is 13.2 Å². The van der Waals surface area contributed by atoms with Crippen LogP contribution in [0.4, 0.5) is 18.9 Å². The molecule has 2 bridgehead atoms. The molecule has 1 heterocycles. The van der Waals surface area contributed by atoms with Gasteiger partial charge in [-0.25, -0.2) is 8.42 Å². The molecule has 4 atom stereocenters. The first kappa shape index (κ1) is 17.3. The Labute approximate surface area is 140 Å². The topological polar surface area (TPSA) is 37.4 Å². The molecule has 0 N–H and O–H groups in total. The molecule has 3 nitrogen and oxygen atoms in total. The van der Waals surface area contributed by atoms with Gasteiger partial charge in [0, 0.05) is 12.5 Å². The van der Waals surface area contributed by atoms with E-state index in [1.54, 1.807) is 0 Å². The highest BCUT2D eigenvalue weighted by Crippen LogP contribution is 2.52. The number of anilines is 1. The van der Waals surface area contributed by atoms with Crippen molar-refractivity contribution in [2.45, 2.75) is 32.2 Å². The van der Waals surface area contributed by atoms with Gasteiger partial charge in [0.15, 0.2) is 0 Å². The van der Waals surface area contributed by atoms with Crippen LogP contribution in [-0.2, 0) is 16.2 Å². The minimum Gasteiger partial charge on any atom is -0.270 e. The van der Waals surface area contributed by atoms with Crippen LogP contribution in [0.5, 0.6) is 0 Å². The molecule has 4 rings (SSSR count). The average molecular weight is 359 g/mol. The SMILES string of the molecule is C.Cc1ccc(N2C[C@@H]3[C@@H]([C@@H]4C=C[C@H]3C4)S2(=O)=O)cc1C(F)(F)F.